The van der Waals surface area contributed by atoms with Crippen molar-refractivity contribution in [1.82, 2.24) is 14.5 Å². The third-order valence-corrected chi connectivity index (χ3v) is 8.65. The van der Waals surface area contributed by atoms with Crippen LogP contribution in [0.4, 0.5) is 0 Å². The Morgan fingerprint density at radius 1 is 1.03 bits per heavy atom. The predicted molar refractivity (Wildman–Crippen MR) is 123 cm³/mol. The number of rotatable bonds is 6. The van der Waals surface area contributed by atoms with Gasteiger partial charge in [0.2, 0.25) is 15.9 Å². The van der Waals surface area contributed by atoms with E-state index < -0.39 is 10.0 Å². The standard InChI is InChI=1S/C24H31N3O5S/c1-18-5-2-3-13-27(18)33(30,31)22-9-7-20(8-10-22)24(29)26-14-11-19(12-15-26)23(28)25-17-21-6-4-16-32-21/h4,6-10,16,18-19H,2-3,5,11-15,17H2,1H3,(H,25,28). The summed E-state index contributed by atoms with van der Waals surface area (Å²) in [6.07, 6.45) is 5.54. The van der Waals surface area contributed by atoms with E-state index in [1.807, 2.05) is 13.0 Å². The van der Waals surface area contributed by atoms with E-state index in [2.05, 4.69) is 5.32 Å². The Labute approximate surface area is 195 Å². The quantitative estimate of drug-likeness (QED) is 0.695. The largest absolute Gasteiger partial charge is 0.467 e. The SMILES string of the molecule is CC1CCCCN1S(=O)(=O)c1ccc(C(=O)N2CCC(C(=O)NCc3ccco3)CC2)cc1. The monoisotopic (exact) mass is 473 g/mol. The van der Waals surface area contributed by atoms with Gasteiger partial charge in [0.05, 0.1) is 17.7 Å². The van der Waals surface area contributed by atoms with Gasteiger partial charge in [0, 0.05) is 37.2 Å². The van der Waals surface area contributed by atoms with Crippen LogP contribution in [0, 0.1) is 5.92 Å². The van der Waals surface area contributed by atoms with E-state index in [9.17, 15) is 18.0 Å². The number of hydrogen-bond donors (Lipinski definition) is 1. The number of hydrogen-bond acceptors (Lipinski definition) is 5. The maximum absolute atomic E-state index is 13.0. The lowest BCUT2D eigenvalue weighted by atomic mass is 9.95. The van der Waals surface area contributed by atoms with Crippen LogP contribution in [0.2, 0.25) is 0 Å². The van der Waals surface area contributed by atoms with Crippen molar-refractivity contribution < 1.29 is 22.4 Å². The first kappa shape index (κ1) is 23.5. The number of piperidine rings is 2. The summed E-state index contributed by atoms with van der Waals surface area (Å²) in [5, 5.41) is 2.88. The zero-order valence-corrected chi connectivity index (χ0v) is 19.7. The second kappa shape index (κ2) is 10.1. The van der Waals surface area contributed by atoms with Gasteiger partial charge >= 0.3 is 0 Å². The molecule has 1 atom stereocenters. The van der Waals surface area contributed by atoms with Crippen LogP contribution in [0.3, 0.4) is 0 Å². The number of furan rings is 1. The summed E-state index contributed by atoms with van der Waals surface area (Å²) in [6.45, 7) is 3.81. The molecule has 1 aromatic heterocycles. The fourth-order valence-electron chi connectivity index (χ4n) is 4.59. The number of carbonyl (C=O) groups excluding carboxylic acids is 2. The molecule has 2 aliphatic rings. The molecule has 4 rings (SSSR count). The number of nitrogens with one attached hydrogen (secondary N) is 1. The zero-order valence-electron chi connectivity index (χ0n) is 18.9. The lowest BCUT2D eigenvalue weighted by Gasteiger charge is -2.32. The van der Waals surface area contributed by atoms with Crippen molar-refractivity contribution in [2.75, 3.05) is 19.6 Å². The van der Waals surface area contributed by atoms with E-state index in [1.165, 1.54) is 12.1 Å². The van der Waals surface area contributed by atoms with E-state index in [1.54, 1.807) is 33.7 Å². The number of benzene rings is 1. The molecule has 2 aromatic rings. The minimum absolute atomic E-state index is 0.0114. The Morgan fingerprint density at radius 2 is 1.76 bits per heavy atom. The molecule has 1 unspecified atom stereocenters. The number of carbonyl (C=O) groups is 2. The molecule has 0 saturated carbocycles. The maximum Gasteiger partial charge on any atom is 0.253 e. The van der Waals surface area contributed by atoms with Gasteiger partial charge in [-0.3, -0.25) is 9.59 Å². The van der Waals surface area contributed by atoms with Gasteiger partial charge in [-0.15, -0.1) is 0 Å². The molecule has 2 aliphatic heterocycles. The minimum atomic E-state index is -3.56. The van der Waals surface area contributed by atoms with E-state index >= 15 is 0 Å². The molecule has 3 heterocycles. The molecule has 0 aliphatic carbocycles. The van der Waals surface area contributed by atoms with Crippen molar-refractivity contribution in [1.29, 1.82) is 0 Å². The Balaban J connectivity index is 1.32. The summed E-state index contributed by atoms with van der Waals surface area (Å²) in [6, 6.07) is 9.81. The molecule has 0 spiro atoms. The number of nitrogens with zero attached hydrogens (tertiary/aromatic N) is 2. The van der Waals surface area contributed by atoms with Gasteiger partial charge in [-0.1, -0.05) is 6.42 Å². The molecule has 178 valence electrons. The summed E-state index contributed by atoms with van der Waals surface area (Å²) >= 11 is 0. The van der Waals surface area contributed by atoms with Gasteiger partial charge in [0.25, 0.3) is 5.91 Å². The van der Waals surface area contributed by atoms with Crippen molar-refractivity contribution >= 4 is 21.8 Å². The molecule has 33 heavy (non-hydrogen) atoms. The summed E-state index contributed by atoms with van der Waals surface area (Å²) in [7, 11) is -3.56. The van der Waals surface area contributed by atoms with Crippen LogP contribution < -0.4 is 5.32 Å². The summed E-state index contributed by atoms with van der Waals surface area (Å²) in [4.78, 5) is 27.3. The number of likely N-dealkylation sites (tertiary alicyclic amines) is 1. The molecule has 1 aromatic carbocycles. The van der Waals surface area contributed by atoms with Gasteiger partial charge < -0.3 is 14.6 Å². The van der Waals surface area contributed by atoms with Crippen LogP contribution in [0.5, 0.6) is 0 Å². The molecule has 0 radical (unpaired) electrons. The summed E-state index contributed by atoms with van der Waals surface area (Å²) < 4.78 is 32.8. The first-order chi connectivity index (χ1) is 15.9. The Kier molecular flexibility index (Phi) is 7.19. The van der Waals surface area contributed by atoms with Crippen LogP contribution in [-0.4, -0.2) is 55.1 Å². The average Bonchev–Trinajstić information content (AvgIpc) is 3.36. The topological polar surface area (TPSA) is 99.9 Å². The molecule has 2 amide bonds. The van der Waals surface area contributed by atoms with Crippen LogP contribution in [0.25, 0.3) is 0 Å². The highest BCUT2D eigenvalue weighted by Crippen LogP contribution is 2.26. The van der Waals surface area contributed by atoms with Crippen molar-refractivity contribution in [3.05, 3.63) is 54.0 Å². The first-order valence-corrected chi connectivity index (χ1v) is 13.0. The van der Waals surface area contributed by atoms with Crippen LogP contribution in [0.15, 0.2) is 52.0 Å². The highest BCUT2D eigenvalue weighted by atomic mass is 32.2. The van der Waals surface area contributed by atoms with E-state index in [0.717, 1.165) is 19.3 Å². The second-order valence-electron chi connectivity index (χ2n) is 8.85. The van der Waals surface area contributed by atoms with Crippen LogP contribution in [0.1, 0.15) is 55.1 Å². The smallest absolute Gasteiger partial charge is 0.253 e. The highest BCUT2D eigenvalue weighted by molar-refractivity contribution is 7.89. The second-order valence-corrected chi connectivity index (χ2v) is 10.7. The predicted octanol–water partition coefficient (Wildman–Crippen LogP) is 3.01. The molecule has 2 fully saturated rings. The van der Waals surface area contributed by atoms with Crippen molar-refractivity contribution in [2.24, 2.45) is 5.92 Å². The minimum Gasteiger partial charge on any atom is -0.467 e. The first-order valence-electron chi connectivity index (χ1n) is 11.6. The fraction of sp³-hybridized carbons (Fsp3) is 0.500. The van der Waals surface area contributed by atoms with Gasteiger partial charge in [-0.05, 0) is 69.0 Å². The Morgan fingerprint density at radius 3 is 2.39 bits per heavy atom. The lowest BCUT2D eigenvalue weighted by Crippen LogP contribution is -2.43. The summed E-state index contributed by atoms with van der Waals surface area (Å²) in [5.41, 5.74) is 0.460. The fourth-order valence-corrected chi connectivity index (χ4v) is 6.29. The summed E-state index contributed by atoms with van der Waals surface area (Å²) in [5.74, 6) is 0.402. The van der Waals surface area contributed by atoms with Crippen molar-refractivity contribution in [3.8, 4) is 0 Å². The maximum atomic E-state index is 13.0. The Bertz CT molecular complexity index is 1060. The lowest BCUT2D eigenvalue weighted by molar-refractivity contribution is -0.126. The molecule has 9 heteroatoms. The average molecular weight is 474 g/mol. The molecule has 2 saturated heterocycles. The van der Waals surface area contributed by atoms with E-state index in [-0.39, 0.29) is 28.7 Å². The molecule has 8 nitrogen and oxygen atoms in total. The van der Waals surface area contributed by atoms with Gasteiger partial charge in [0.15, 0.2) is 0 Å². The third-order valence-electron chi connectivity index (χ3n) is 6.62. The van der Waals surface area contributed by atoms with Crippen LogP contribution >= 0.6 is 0 Å². The normalized spacial score (nSPS) is 20.5. The zero-order chi connectivity index (χ0) is 23.4. The van der Waals surface area contributed by atoms with Gasteiger partial charge in [0.1, 0.15) is 5.76 Å². The van der Waals surface area contributed by atoms with E-state index in [4.69, 9.17) is 4.42 Å². The molecular formula is C24H31N3O5S. The highest BCUT2D eigenvalue weighted by Gasteiger charge is 2.32. The molecule has 1 N–H and O–H groups in total. The number of sulfonamides is 1. The van der Waals surface area contributed by atoms with Gasteiger partial charge in [-0.2, -0.15) is 4.31 Å². The third kappa shape index (κ3) is 5.30. The molecular weight excluding hydrogens is 442 g/mol. The van der Waals surface area contributed by atoms with Crippen molar-refractivity contribution in [2.45, 2.75) is 56.5 Å². The van der Waals surface area contributed by atoms with E-state index in [0.29, 0.717) is 50.3 Å². The van der Waals surface area contributed by atoms with Crippen molar-refractivity contribution in [3.63, 3.8) is 0 Å². The van der Waals surface area contributed by atoms with Crippen LogP contribution in [-0.2, 0) is 21.4 Å². The Hall–Kier alpha value is -2.65. The van der Waals surface area contributed by atoms with Gasteiger partial charge in [-0.25, -0.2) is 8.42 Å². The molecule has 0 bridgehead atoms. The number of amides is 2.